The maximum atomic E-state index is 4.38. The molecule has 1 aliphatic carbocycles. The highest BCUT2D eigenvalue weighted by molar-refractivity contribution is 6.21. The van der Waals surface area contributed by atoms with Gasteiger partial charge in [0.25, 0.3) is 0 Å². The minimum atomic E-state index is 1.10. The number of fused-ring (bicyclic) bond motifs is 3. The quantitative estimate of drug-likeness (QED) is 0.199. The van der Waals surface area contributed by atoms with Gasteiger partial charge in [0.05, 0.1) is 0 Å². The summed E-state index contributed by atoms with van der Waals surface area (Å²) in [6, 6.07) is 44.9. The van der Waals surface area contributed by atoms with Gasteiger partial charge in [-0.3, -0.25) is 4.98 Å². The molecule has 0 spiro atoms. The molecule has 0 aliphatic heterocycles. The molecule has 0 saturated carbocycles. The maximum Gasteiger partial charge on any atom is 0.0346 e. The number of nitrogens with zero attached hydrogens (tertiary/aromatic N) is 1. The second-order valence-electron chi connectivity index (χ2n) is 11.6. The Hall–Kier alpha value is -5.27. The van der Waals surface area contributed by atoms with Crippen molar-refractivity contribution in [2.45, 2.75) is 19.8 Å². The van der Waals surface area contributed by atoms with Crippen LogP contribution in [0, 0.1) is 6.92 Å². The third-order valence-electron chi connectivity index (χ3n) is 8.82. The molecule has 0 amide bonds. The fourth-order valence-electron chi connectivity index (χ4n) is 6.76. The van der Waals surface area contributed by atoms with Crippen LogP contribution in [0.3, 0.4) is 0 Å². The molecule has 0 unspecified atom stereocenters. The first-order valence-corrected chi connectivity index (χ1v) is 15.1. The zero-order valence-electron chi connectivity index (χ0n) is 24.2. The molecular formula is C42H31N. The van der Waals surface area contributed by atoms with Crippen molar-refractivity contribution >= 4 is 27.6 Å². The standard InChI is InChI=1S/C42H31N/c1-28-23-36(27-43-26-28)31-19-17-30(18-20-31)33-11-8-12-34(24-33)41-37-13-4-6-15-39(37)42(40-16-7-5-14-38(40)41)35-22-21-29-9-2-3-10-32(29)25-35/h2,4-9,11-27H,3,10H2,1H3. The number of hydrogen-bond donors (Lipinski definition) is 0. The van der Waals surface area contributed by atoms with Crippen LogP contribution < -0.4 is 0 Å². The topological polar surface area (TPSA) is 12.9 Å². The Balaban J connectivity index is 1.29. The molecule has 0 fully saturated rings. The van der Waals surface area contributed by atoms with E-state index in [1.807, 2.05) is 12.4 Å². The molecule has 6 aromatic carbocycles. The highest BCUT2D eigenvalue weighted by atomic mass is 14.6. The molecule has 0 radical (unpaired) electrons. The van der Waals surface area contributed by atoms with Crippen molar-refractivity contribution in [1.29, 1.82) is 0 Å². The fraction of sp³-hybridized carbons (Fsp3) is 0.0714. The zero-order chi connectivity index (χ0) is 28.8. The highest BCUT2D eigenvalue weighted by Crippen LogP contribution is 2.44. The van der Waals surface area contributed by atoms with Gasteiger partial charge in [0.1, 0.15) is 0 Å². The average Bonchev–Trinajstić information content (AvgIpc) is 3.07. The molecule has 1 aromatic heterocycles. The predicted molar refractivity (Wildman–Crippen MR) is 183 cm³/mol. The molecule has 0 saturated heterocycles. The number of hydrogen-bond acceptors (Lipinski definition) is 1. The van der Waals surface area contributed by atoms with E-state index in [4.69, 9.17) is 0 Å². The number of allylic oxidation sites excluding steroid dienone is 1. The third-order valence-corrected chi connectivity index (χ3v) is 8.82. The lowest BCUT2D eigenvalue weighted by molar-refractivity contribution is 0.986. The molecule has 1 heteroatoms. The van der Waals surface area contributed by atoms with Crippen LogP contribution in [0.4, 0.5) is 0 Å². The minimum absolute atomic E-state index is 1.10. The van der Waals surface area contributed by atoms with Gasteiger partial charge in [-0.2, -0.15) is 0 Å². The summed E-state index contributed by atoms with van der Waals surface area (Å²) in [4.78, 5) is 4.38. The van der Waals surface area contributed by atoms with E-state index in [0.29, 0.717) is 0 Å². The van der Waals surface area contributed by atoms with Gasteiger partial charge in [-0.1, -0.05) is 121 Å². The van der Waals surface area contributed by atoms with E-state index in [1.165, 1.54) is 77.2 Å². The molecule has 1 heterocycles. The van der Waals surface area contributed by atoms with Gasteiger partial charge in [-0.25, -0.2) is 0 Å². The van der Waals surface area contributed by atoms with Crippen molar-refractivity contribution in [2.24, 2.45) is 0 Å². The van der Waals surface area contributed by atoms with Crippen LogP contribution in [0.1, 0.15) is 23.1 Å². The van der Waals surface area contributed by atoms with E-state index < -0.39 is 0 Å². The summed E-state index contributed by atoms with van der Waals surface area (Å²) in [6.45, 7) is 2.08. The number of aryl methyl sites for hydroxylation is 2. The van der Waals surface area contributed by atoms with Gasteiger partial charge in [0.2, 0.25) is 0 Å². The van der Waals surface area contributed by atoms with Crippen molar-refractivity contribution < 1.29 is 0 Å². The van der Waals surface area contributed by atoms with E-state index in [-0.39, 0.29) is 0 Å². The first kappa shape index (κ1) is 25.4. The predicted octanol–water partition coefficient (Wildman–Crippen LogP) is 11.3. The van der Waals surface area contributed by atoms with E-state index in [2.05, 4.69) is 145 Å². The lowest BCUT2D eigenvalue weighted by Gasteiger charge is -2.19. The summed E-state index contributed by atoms with van der Waals surface area (Å²) in [5.41, 5.74) is 13.9. The van der Waals surface area contributed by atoms with Gasteiger partial charge < -0.3 is 0 Å². The van der Waals surface area contributed by atoms with Gasteiger partial charge in [-0.15, -0.1) is 0 Å². The fourth-order valence-corrected chi connectivity index (χ4v) is 6.76. The monoisotopic (exact) mass is 549 g/mol. The van der Waals surface area contributed by atoms with Crippen molar-refractivity contribution in [3.63, 3.8) is 0 Å². The van der Waals surface area contributed by atoms with Crippen molar-refractivity contribution in [3.8, 4) is 44.5 Å². The summed E-state index contributed by atoms with van der Waals surface area (Å²) < 4.78 is 0. The van der Waals surface area contributed by atoms with Crippen LogP contribution in [0.25, 0.3) is 72.1 Å². The molecular weight excluding hydrogens is 518 g/mol. The molecule has 8 rings (SSSR count). The Morgan fingerprint density at radius 1 is 0.488 bits per heavy atom. The van der Waals surface area contributed by atoms with Crippen LogP contribution in [0.2, 0.25) is 0 Å². The summed E-state index contributed by atoms with van der Waals surface area (Å²) in [5.74, 6) is 0. The van der Waals surface area contributed by atoms with E-state index >= 15 is 0 Å². The van der Waals surface area contributed by atoms with Gasteiger partial charge >= 0.3 is 0 Å². The Labute approximate surface area is 252 Å². The first-order valence-electron chi connectivity index (χ1n) is 15.1. The Morgan fingerprint density at radius 2 is 1.07 bits per heavy atom. The van der Waals surface area contributed by atoms with Crippen LogP contribution in [0.5, 0.6) is 0 Å². The molecule has 204 valence electrons. The summed E-state index contributed by atoms with van der Waals surface area (Å²) in [7, 11) is 0. The summed E-state index contributed by atoms with van der Waals surface area (Å²) in [6.07, 6.45) is 10.6. The zero-order valence-corrected chi connectivity index (χ0v) is 24.2. The van der Waals surface area contributed by atoms with Crippen LogP contribution in [-0.4, -0.2) is 4.98 Å². The third kappa shape index (κ3) is 4.54. The number of benzene rings is 6. The van der Waals surface area contributed by atoms with Crippen LogP contribution in [0.15, 0.2) is 140 Å². The van der Waals surface area contributed by atoms with Gasteiger partial charge in [0.15, 0.2) is 0 Å². The SMILES string of the molecule is Cc1cncc(-c2ccc(-c3cccc(-c4c5ccccc5c(-c5ccc6c(c5)CCC=C6)c5ccccc45)c3)cc2)c1. The van der Waals surface area contributed by atoms with Crippen molar-refractivity contribution in [2.75, 3.05) is 0 Å². The Bertz CT molecular complexity index is 2130. The molecule has 7 aromatic rings. The molecule has 1 nitrogen and oxygen atoms in total. The average molecular weight is 550 g/mol. The molecule has 0 N–H and O–H groups in total. The largest absolute Gasteiger partial charge is 0.264 e. The van der Waals surface area contributed by atoms with Crippen LogP contribution in [-0.2, 0) is 6.42 Å². The number of aromatic nitrogens is 1. The second kappa shape index (κ2) is 10.5. The first-order chi connectivity index (χ1) is 21.2. The van der Waals surface area contributed by atoms with Gasteiger partial charge in [0, 0.05) is 18.0 Å². The normalized spacial score (nSPS) is 12.5. The maximum absolute atomic E-state index is 4.38. The van der Waals surface area contributed by atoms with E-state index in [0.717, 1.165) is 18.4 Å². The Morgan fingerprint density at radius 3 is 1.72 bits per heavy atom. The highest BCUT2D eigenvalue weighted by Gasteiger charge is 2.18. The molecule has 43 heavy (non-hydrogen) atoms. The molecule has 0 atom stereocenters. The summed E-state index contributed by atoms with van der Waals surface area (Å²) >= 11 is 0. The van der Waals surface area contributed by atoms with Gasteiger partial charge in [-0.05, 0) is 109 Å². The van der Waals surface area contributed by atoms with E-state index in [9.17, 15) is 0 Å². The molecule has 0 bridgehead atoms. The van der Waals surface area contributed by atoms with Crippen molar-refractivity contribution in [3.05, 3.63) is 156 Å². The summed E-state index contributed by atoms with van der Waals surface area (Å²) in [5, 5.41) is 5.16. The second-order valence-corrected chi connectivity index (χ2v) is 11.6. The smallest absolute Gasteiger partial charge is 0.0346 e. The lowest BCUT2D eigenvalue weighted by atomic mass is 9.84. The lowest BCUT2D eigenvalue weighted by Crippen LogP contribution is -1.96. The number of pyridine rings is 1. The molecule has 1 aliphatic rings. The van der Waals surface area contributed by atoms with Crippen LogP contribution >= 0.6 is 0 Å². The van der Waals surface area contributed by atoms with E-state index in [1.54, 1.807) is 0 Å². The minimum Gasteiger partial charge on any atom is -0.264 e. The van der Waals surface area contributed by atoms with Crippen molar-refractivity contribution in [1.82, 2.24) is 4.98 Å². The number of rotatable bonds is 4. The Kier molecular flexibility index (Phi) is 6.23.